The van der Waals surface area contributed by atoms with Gasteiger partial charge in [0.15, 0.2) is 6.10 Å². The highest BCUT2D eigenvalue weighted by Crippen LogP contribution is 2.23. The Labute approximate surface area is 133 Å². The van der Waals surface area contributed by atoms with Gasteiger partial charge in [0.2, 0.25) is 0 Å². The van der Waals surface area contributed by atoms with Crippen LogP contribution in [0, 0.1) is 11.7 Å². The molecule has 0 spiro atoms. The molecular formula is C16H17ClFNO3. The Bertz CT molecular complexity index is 603. The van der Waals surface area contributed by atoms with Crippen LogP contribution in [0.1, 0.15) is 26.2 Å². The van der Waals surface area contributed by atoms with Gasteiger partial charge in [0.05, 0.1) is 16.6 Å². The predicted molar refractivity (Wildman–Crippen MR) is 82.1 cm³/mol. The molecule has 0 fully saturated rings. The van der Waals surface area contributed by atoms with Gasteiger partial charge in [0.25, 0.3) is 5.91 Å². The molecule has 1 amide bonds. The summed E-state index contributed by atoms with van der Waals surface area (Å²) in [6.45, 7) is 1.49. The number of nitrogens with one attached hydrogen (secondary N) is 1. The van der Waals surface area contributed by atoms with E-state index in [4.69, 9.17) is 16.3 Å². The fraction of sp³-hybridized carbons (Fsp3) is 0.375. The summed E-state index contributed by atoms with van der Waals surface area (Å²) in [6.07, 6.45) is 5.23. The van der Waals surface area contributed by atoms with Gasteiger partial charge in [-0.3, -0.25) is 9.59 Å². The quantitative estimate of drug-likeness (QED) is 0.678. The molecule has 0 saturated carbocycles. The predicted octanol–water partition coefficient (Wildman–Crippen LogP) is 3.71. The molecule has 0 heterocycles. The molecule has 118 valence electrons. The summed E-state index contributed by atoms with van der Waals surface area (Å²) in [5.74, 6) is -1.58. The standard InChI is InChI=1S/C16H17ClFNO3/c1-10(22-16(21)11-5-3-2-4-6-11)15(20)19-14-8-7-12(18)9-13(14)17/h2-3,7-11H,4-6H2,1H3,(H,19,20)/t10-,11+/m0/s1. The van der Waals surface area contributed by atoms with Crippen LogP contribution in [0.2, 0.25) is 5.02 Å². The smallest absolute Gasteiger partial charge is 0.310 e. The number of carbonyl (C=O) groups excluding carboxylic acids is 2. The normalized spacial score (nSPS) is 18.6. The average molecular weight is 326 g/mol. The fourth-order valence-corrected chi connectivity index (χ4v) is 2.37. The maximum absolute atomic E-state index is 12.9. The molecular weight excluding hydrogens is 309 g/mol. The van der Waals surface area contributed by atoms with Crippen molar-refractivity contribution in [2.45, 2.75) is 32.3 Å². The first kappa shape index (κ1) is 16.5. The summed E-state index contributed by atoms with van der Waals surface area (Å²) in [5, 5.41) is 2.60. The van der Waals surface area contributed by atoms with Crippen molar-refractivity contribution in [2.24, 2.45) is 5.92 Å². The Hall–Kier alpha value is -1.88. The van der Waals surface area contributed by atoms with Crippen molar-refractivity contribution in [3.63, 3.8) is 0 Å². The van der Waals surface area contributed by atoms with Gasteiger partial charge in [0, 0.05) is 0 Å². The van der Waals surface area contributed by atoms with Gasteiger partial charge in [-0.25, -0.2) is 4.39 Å². The van der Waals surface area contributed by atoms with Crippen molar-refractivity contribution in [2.75, 3.05) is 5.32 Å². The maximum Gasteiger partial charge on any atom is 0.310 e. The molecule has 0 unspecified atom stereocenters. The molecule has 1 aromatic carbocycles. The summed E-state index contributed by atoms with van der Waals surface area (Å²) in [7, 11) is 0. The molecule has 1 N–H and O–H groups in total. The Morgan fingerprint density at radius 3 is 2.82 bits per heavy atom. The second-order valence-corrected chi connectivity index (χ2v) is 5.58. The second-order valence-electron chi connectivity index (χ2n) is 5.17. The fourth-order valence-electron chi connectivity index (χ4n) is 2.16. The van der Waals surface area contributed by atoms with E-state index in [9.17, 15) is 14.0 Å². The zero-order chi connectivity index (χ0) is 16.1. The molecule has 2 rings (SSSR count). The average Bonchev–Trinajstić information content (AvgIpc) is 2.50. The van der Waals surface area contributed by atoms with Crippen molar-refractivity contribution in [3.05, 3.63) is 41.2 Å². The molecule has 6 heteroatoms. The van der Waals surface area contributed by atoms with E-state index in [-0.39, 0.29) is 22.6 Å². The van der Waals surface area contributed by atoms with Crippen LogP contribution in [0.3, 0.4) is 0 Å². The number of hydrogen-bond donors (Lipinski definition) is 1. The minimum atomic E-state index is -0.945. The summed E-state index contributed by atoms with van der Waals surface area (Å²) < 4.78 is 18.1. The molecule has 0 aliphatic heterocycles. The van der Waals surface area contributed by atoms with E-state index in [1.54, 1.807) is 0 Å². The van der Waals surface area contributed by atoms with E-state index in [0.29, 0.717) is 6.42 Å². The number of benzene rings is 1. The topological polar surface area (TPSA) is 55.4 Å². The zero-order valence-corrected chi connectivity index (χ0v) is 12.9. The van der Waals surface area contributed by atoms with Crippen LogP contribution >= 0.6 is 11.6 Å². The third-order valence-corrected chi connectivity index (χ3v) is 3.77. The van der Waals surface area contributed by atoms with E-state index in [1.165, 1.54) is 19.1 Å². The van der Waals surface area contributed by atoms with E-state index in [2.05, 4.69) is 5.32 Å². The minimum absolute atomic E-state index is 0.0873. The van der Waals surface area contributed by atoms with Crippen LogP contribution in [-0.4, -0.2) is 18.0 Å². The second kappa shape index (κ2) is 7.40. The highest BCUT2D eigenvalue weighted by Gasteiger charge is 2.25. The first-order valence-corrected chi connectivity index (χ1v) is 7.46. The molecule has 1 aliphatic rings. The number of halogens is 2. The molecule has 2 atom stereocenters. The van der Waals surface area contributed by atoms with Crippen LogP contribution in [-0.2, 0) is 14.3 Å². The first-order valence-electron chi connectivity index (χ1n) is 7.09. The summed E-state index contributed by atoms with van der Waals surface area (Å²) in [4.78, 5) is 24.0. The lowest BCUT2D eigenvalue weighted by atomic mass is 9.95. The van der Waals surface area contributed by atoms with Gasteiger partial charge < -0.3 is 10.1 Å². The van der Waals surface area contributed by atoms with Crippen LogP contribution in [0.15, 0.2) is 30.4 Å². The highest BCUT2D eigenvalue weighted by molar-refractivity contribution is 6.33. The van der Waals surface area contributed by atoms with Crippen LogP contribution in [0.25, 0.3) is 0 Å². The molecule has 1 aliphatic carbocycles. The van der Waals surface area contributed by atoms with Crippen molar-refractivity contribution in [1.82, 2.24) is 0 Å². The number of rotatable bonds is 4. The summed E-state index contributed by atoms with van der Waals surface area (Å²) in [5.41, 5.74) is 0.275. The van der Waals surface area contributed by atoms with Crippen LogP contribution in [0.5, 0.6) is 0 Å². The number of amides is 1. The molecule has 0 saturated heterocycles. The lowest BCUT2D eigenvalue weighted by molar-refractivity contribution is -0.157. The number of hydrogen-bond acceptors (Lipinski definition) is 3. The van der Waals surface area contributed by atoms with Crippen LogP contribution in [0.4, 0.5) is 10.1 Å². The summed E-state index contributed by atoms with van der Waals surface area (Å²) in [6, 6.07) is 3.64. The monoisotopic (exact) mass is 325 g/mol. The number of anilines is 1. The zero-order valence-electron chi connectivity index (χ0n) is 12.1. The van der Waals surface area contributed by atoms with Crippen molar-refractivity contribution >= 4 is 29.2 Å². The third-order valence-electron chi connectivity index (χ3n) is 3.45. The number of carbonyl (C=O) groups is 2. The number of esters is 1. The van der Waals surface area contributed by atoms with Crippen LogP contribution < -0.4 is 5.32 Å². The minimum Gasteiger partial charge on any atom is -0.452 e. The van der Waals surface area contributed by atoms with E-state index < -0.39 is 17.8 Å². The van der Waals surface area contributed by atoms with Gasteiger partial charge in [-0.15, -0.1) is 0 Å². The summed E-state index contributed by atoms with van der Waals surface area (Å²) >= 11 is 5.84. The lowest BCUT2D eigenvalue weighted by Gasteiger charge is -2.19. The van der Waals surface area contributed by atoms with Gasteiger partial charge in [-0.1, -0.05) is 23.8 Å². The molecule has 0 bridgehead atoms. The maximum atomic E-state index is 12.9. The Balaban J connectivity index is 1.91. The van der Waals surface area contributed by atoms with E-state index in [1.807, 2.05) is 12.2 Å². The molecule has 0 aromatic heterocycles. The van der Waals surface area contributed by atoms with E-state index >= 15 is 0 Å². The van der Waals surface area contributed by atoms with Gasteiger partial charge >= 0.3 is 5.97 Å². The Morgan fingerprint density at radius 2 is 2.18 bits per heavy atom. The third kappa shape index (κ3) is 4.31. The van der Waals surface area contributed by atoms with Crippen molar-refractivity contribution in [3.8, 4) is 0 Å². The highest BCUT2D eigenvalue weighted by atomic mass is 35.5. The molecule has 4 nitrogen and oxygen atoms in total. The Morgan fingerprint density at radius 1 is 1.41 bits per heavy atom. The first-order chi connectivity index (χ1) is 10.5. The Kier molecular flexibility index (Phi) is 5.55. The number of allylic oxidation sites excluding steroid dienone is 2. The van der Waals surface area contributed by atoms with Crippen molar-refractivity contribution in [1.29, 1.82) is 0 Å². The van der Waals surface area contributed by atoms with Gasteiger partial charge in [-0.05, 0) is 44.4 Å². The van der Waals surface area contributed by atoms with Gasteiger partial charge in [0.1, 0.15) is 5.82 Å². The molecule has 0 radical (unpaired) electrons. The van der Waals surface area contributed by atoms with Gasteiger partial charge in [-0.2, -0.15) is 0 Å². The molecule has 22 heavy (non-hydrogen) atoms. The van der Waals surface area contributed by atoms with E-state index in [0.717, 1.165) is 18.9 Å². The SMILES string of the molecule is C[C@H](OC(=O)[C@@H]1CC=CCC1)C(=O)Nc1ccc(F)cc1Cl. The number of ether oxygens (including phenoxy) is 1. The van der Waals surface area contributed by atoms with Crippen molar-refractivity contribution < 1.29 is 18.7 Å². The lowest BCUT2D eigenvalue weighted by Crippen LogP contribution is -2.32. The largest absolute Gasteiger partial charge is 0.452 e. The molecule has 1 aromatic rings.